The summed E-state index contributed by atoms with van der Waals surface area (Å²) in [5, 5.41) is 8.69. The van der Waals surface area contributed by atoms with Crippen LogP contribution in [0.5, 0.6) is 5.75 Å². The Morgan fingerprint density at radius 3 is 2.10 bits per heavy atom. The van der Waals surface area contributed by atoms with Crippen molar-refractivity contribution in [1.82, 2.24) is 5.32 Å². The van der Waals surface area contributed by atoms with Crippen LogP contribution in [0.15, 0.2) is 114 Å². The minimum Gasteiger partial charge on any atom is -0.494 e. The summed E-state index contributed by atoms with van der Waals surface area (Å²) in [4.78, 5) is 39.7. The summed E-state index contributed by atoms with van der Waals surface area (Å²) >= 11 is 7.30. The Morgan fingerprint density at radius 2 is 1.45 bits per heavy atom. The number of hydrogen-bond donors (Lipinski definition) is 3. The van der Waals surface area contributed by atoms with Gasteiger partial charge in [-0.3, -0.25) is 14.4 Å². The molecule has 4 rings (SSSR count). The summed E-state index contributed by atoms with van der Waals surface area (Å²) < 4.78 is 5.49. The van der Waals surface area contributed by atoms with Crippen molar-refractivity contribution in [3.8, 4) is 5.75 Å². The average Bonchev–Trinajstić information content (AvgIpc) is 3.00. The van der Waals surface area contributed by atoms with E-state index in [0.717, 1.165) is 10.5 Å². The van der Waals surface area contributed by atoms with Gasteiger partial charge >= 0.3 is 0 Å². The lowest BCUT2D eigenvalue weighted by atomic mass is 10.1. The van der Waals surface area contributed by atoms with Gasteiger partial charge in [0.1, 0.15) is 11.4 Å². The van der Waals surface area contributed by atoms with E-state index in [4.69, 9.17) is 16.3 Å². The molecular formula is C33H30ClN3O4S. The van der Waals surface area contributed by atoms with E-state index in [1.165, 1.54) is 11.8 Å². The van der Waals surface area contributed by atoms with Crippen LogP contribution < -0.4 is 20.7 Å². The number of halogens is 1. The molecule has 3 N–H and O–H groups in total. The molecule has 0 fully saturated rings. The maximum absolute atomic E-state index is 13.3. The van der Waals surface area contributed by atoms with Crippen LogP contribution in [0.3, 0.4) is 0 Å². The highest BCUT2D eigenvalue weighted by atomic mass is 35.5. The third-order valence-corrected chi connectivity index (χ3v) is 7.30. The van der Waals surface area contributed by atoms with Crippen LogP contribution in [-0.2, 0) is 9.59 Å². The van der Waals surface area contributed by atoms with E-state index in [0.29, 0.717) is 34.3 Å². The van der Waals surface area contributed by atoms with Crippen molar-refractivity contribution in [2.75, 3.05) is 17.2 Å². The van der Waals surface area contributed by atoms with Crippen molar-refractivity contribution in [3.63, 3.8) is 0 Å². The summed E-state index contributed by atoms with van der Waals surface area (Å²) in [5.41, 5.74) is 2.43. The molecule has 0 radical (unpaired) electrons. The molecular weight excluding hydrogens is 570 g/mol. The molecule has 0 saturated carbocycles. The maximum atomic E-state index is 13.3. The largest absolute Gasteiger partial charge is 0.494 e. The predicted molar refractivity (Wildman–Crippen MR) is 170 cm³/mol. The highest BCUT2D eigenvalue weighted by Gasteiger charge is 2.17. The molecule has 1 unspecified atom stereocenters. The van der Waals surface area contributed by atoms with Gasteiger partial charge in [0.15, 0.2) is 0 Å². The van der Waals surface area contributed by atoms with Crippen LogP contribution in [0.4, 0.5) is 11.4 Å². The van der Waals surface area contributed by atoms with Gasteiger partial charge in [-0.05, 0) is 98.3 Å². The standard InChI is InChI=1S/C33H30ClN3O4S/c1-3-41-28-17-9-23(10-18-28)21-30(37-32(39)24-7-5-4-6-8-24)33(40)36-27-15-19-29(20-16-27)42-22(2)31(38)35-26-13-11-25(34)12-14-26/h4-22H,3H2,1-2H3,(H,35,38)(H,36,40)(H,37,39)/b30-21-. The monoisotopic (exact) mass is 599 g/mol. The van der Waals surface area contributed by atoms with Gasteiger partial charge in [0.2, 0.25) is 5.91 Å². The van der Waals surface area contributed by atoms with Crippen molar-refractivity contribution in [3.05, 3.63) is 125 Å². The molecule has 42 heavy (non-hydrogen) atoms. The fraction of sp³-hybridized carbons (Fsp3) is 0.121. The molecule has 0 aromatic heterocycles. The highest BCUT2D eigenvalue weighted by Crippen LogP contribution is 2.26. The van der Waals surface area contributed by atoms with E-state index in [1.54, 1.807) is 78.9 Å². The summed E-state index contributed by atoms with van der Waals surface area (Å²) in [5.74, 6) is -0.313. The first-order valence-corrected chi connectivity index (χ1v) is 14.5. The van der Waals surface area contributed by atoms with Crippen LogP contribution in [-0.4, -0.2) is 29.6 Å². The zero-order valence-electron chi connectivity index (χ0n) is 23.1. The first-order valence-electron chi connectivity index (χ1n) is 13.3. The Morgan fingerprint density at radius 1 is 0.833 bits per heavy atom. The Balaban J connectivity index is 1.43. The minimum atomic E-state index is -0.482. The molecule has 7 nitrogen and oxygen atoms in total. The quantitative estimate of drug-likeness (QED) is 0.124. The molecule has 4 aromatic rings. The van der Waals surface area contributed by atoms with Crippen LogP contribution in [0.2, 0.25) is 5.02 Å². The predicted octanol–water partition coefficient (Wildman–Crippen LogP) is 7.27. The van der Waals surface area contributed by atoms with Crippen LogP contribution in [0.25, 0.3) is 6.08 Å². The lowest BCUT2D eigenvalue weighted by Crippen LogP contribution is -2.30. The van der Waals surface area contributed by atoms with E-state index in [-0.39, 0.29) is 16.9 Å². The van der Waals surface area contributed by atoms with E-state index in [2.05, 4.69) is 16.0 Å². The van der Waals surface area contributed by atoms with E-state index < -0.39 is 11.8 Å². The average molecular weight is 600 g/mol. The lowest BCUT2D eigenvalue weighted by Gasteiger charge is -2.14. The molecule has 0 aliphatic heterocycles. The normalized spacial score (nSPS) is 11.7. The van der Waals surface area contributed by atoms with Crippen molar-refractivity contribution >= 4 is 58.5 Å². The number of rotatable bonds is 11. The molecule has 214 valence electrons. The first-order chi connectivity index (χ1) is 20.3. The third kappa shape index (κ3) is 8.99. The molecule has 0 bridgehead atoms. The summed E-state index contributed by atoms with van der Waals surface area (Å²) in [7, 11) is 0. The number of ether oxygens (including phenoxy) is 1. The molecule has 0 aliphatic carbocycles. The van der Waals surface area contributed by atoms with Gasteiger partial charge in [-0.1, -0.05) is 41.9 Å². The minimum absolute atomic E-state index is 0.0824. The highest BCUT2D eigenvalue weighted by molar-refractivity contribution is 8.00. The molecule has 0 heterocycles. The number of anilines is 2. The van der Waals surface area contributed by atoms with Gasteiger partial charge < -0.3 is 20.7 Å². The van der Waals surface area contributed by atoms with Gasteiger partial charge in [0.05, 0.1) is 11.9 Å². The number of amides is 3. The molecule has 1 atom stereocenters. The maximum Gasteiger partial charge on any atom is 0.272 e. The van der Waals surface area contributed by atoms with E-state index in [9.17, 15) is 14.4 Å². The second-order valence-electron chi connectivity index (χ2n) is 9.11. The van der Waals surface area contributed by atoms with Crippen LogP contribution >= 0.6 is 23.4 Å². The fourth-order valence-corrected chi connectivity index (χ4v) is 4.78. The van der Waals surface area contributed by atoms with E-state index >= 15 is 0 Å². The van der Waals surface area contributed by atoms with Crippen molar-refractivity contribution < 1.29 is 19.1 Å². The SMILES string of the molecule is CCOc1ccc(/C=C(\NC(=O)c2ccccc2)C(=O)Nc2ccc(SC(C)C(=O)Nc3ccc(Cl)cc3)cc2)cc1. The Labute approximate surface area is 254 Å². The number of nitrogens with one attached hydrogen (secondary N) is 3. The van der Waals surface area contributed by atoms with Crippen LogP contribution in [0.1, 0.15) is 29.8 Å². The second kappa shape index (κ2) is 14.9. The topological polar surface area (TPSA) is 96.5 Å². The smallest absolute Gasteiger partial charge is 0.272 e. The van der Waals surface area contributed by atoms with Crippen molar-refractivity contribution in [1.29, 1.82) is 0 Å². The van der Waals surface area contributed by atoms with Gasteiger partial charge in [-0.25, -0.2) is 0 Å². The summed E-state index contributed by atoms with van der Waals surface area (Å²) in [6.07, 6.45) is 1.61. The van der Waals surface area contributed by atoms with Crippen molar-refractivity contribution in [2.24, 2.45) is 0 Å². The molecule has 0 aliphatic rings. The molecule has 9 heteroatoms. The second-order valence-corrected chi connectivity index (χ2v) is 11.0. The van der Waals surface area contributed by atoms with Gasteiger partial charge in [0, 0.05) is 26.9 Å². The van der Waals surface area contributed by atoms with Gasteiger partial charge in [-0.15, -0.1) is 11.8 Å². The number of hydrogen-bond acceptors (Lipinski definition) is 5. The van der Waals surface area contributed by atoms with E-state index in [1.807, 2.05) is 44.2 Å². The molecule has 4 aromatic carbocycles. The number of carbonyl (C=O) groups is 3. The molecule has 3 amide bonds. The van der Waals surface area contributed by atoms with Crippen LogP contribution in [0, 0.1) is 0 Å². The van der Waals surface area contributed by atoms with Gasteiger partial charge in [0.25, 0.3) is 11.8 Å². The Kier molecular flexibility index (Phi) is 10.8. The lowest BCUT2D eigenvalue weighted by molar-refractivity contribution is -0.115. The molecule has 0 spiro atoms. The summed E-state index contributed by atoms with van der Waals surface area (Å²) in [6, 6.07) is 30.0. The van der Waals surface area contributed by atoms with Gasteiger partial charge in [-0.2, -0.15) is 0 Å². The van der Waals surface area contributed by atoms with Crippen molar-refractivity contribution in [2.45, 2.75) is 24.0 Å². The first kappa shape index (κ1) is 30.4. The zero-order valence-corrected chi connectivity index (χ0v) is 24.7. The number of carbonyl (C=O) groups excluding carboxylic acids is 3. The molecule has 0 saturated heterocycles. The number of benzene rings is 4. The fourth-order valence-electron chi connectivity index (χ4n) is 3.79. The third-order valence-electron chi connectivity index (χ3n) is 5.94. The summed E-state index contributed by atoms with van der Waals surface area (Å²) in [6.45, 7) is 4.27. The Bertz CT molecular complexity index is 1540. The Hall–Kier alpha value is -4.53. The zero-order chi connectivity index (χ0) is 29.9. The number of thioether (sulfide) groups is 1.